The molecule has 178 valence electrons. The van der Waals surface area contributed by atoms with Crippen LogP contribution in [0.3, 0.4) is 0 Å². The number of benzene rings is 2. The summed E-state index contributed by atoms with van der Waals surface area (Å²) in [6, 6.07) is 11.5. The van der Waals surface area contributed by atoms with Crippen LogP contribution in [0.15, 0.2) is 54.6 Å². The fourth-order valence-electron chi connectivity index (χ4n) is 3.16. The number of hydrogen-bond acceptors (Lipinski definition) is 5. The third-order valence-corrected chi connectivity index (χ3v) is 5.78. The lowest BCUT2D eigenvalue weighted by atomic mass is 10.1. The van der Waals surface area contributed by atoms with Gasteiger partial charge in [0.25, 0.3) is 17.5 Å². The summed E-state index contributed by atoms with van der Waals surface area (Å²) in [7, 11) is 0. The average molecular weight is 495 g/mol. The minimum atomic E-state index is -4.75. The first-order chi connectivity index (χ1) is 15.9. The fraction of sp³-hybridized carbons (Fsp3) is 0.182. The molecule has 3 aromatic rings. The van der Waals surface area contributed by atoms with Crippen molar-refractivity contribution in [3.05, 3.63) is 92.1 Å². The van der Waals surface area contributed by atoms with Crippen LogP contribution in [0.2, 0.25) is 0 Å². The van der Waals surface area contributed by atoms with Crippen LogP contribution in [-0.4, -0.2) is 34.4 Å². The monoisotopic (exact) mass is 495 g/mol. The molecular weight excluding hydrogens is 478 g/mol. The van der Waals surface area contributed by atoms with E-state index in [2.05, 4.69) is 5.32 Å². The van der Waals surface area contributed by atoms with Gasteiger partial charge in [-0.2, -0.15) is 13.2 Å². The molecular formula is C22H17F4N3O4S. The van der Waals surface area contributed by atoms with Crippen molar-refractivity contribution in [3.8, 4) is 0 Å². The van der Waals surface area contributed by atoms with Crippen LogP contribution in [0, 0.1) is 22.9 Å². The van der Waals surface area contributed by atoms with Gasteiger partial charge in [-0.3, -0.25) is 19.7 Å². The molecule has 7 nitrogen and oxygen atoms in total. The minimum absolute atomic E-state index is 0.0222. The van der Waals surface area contributed by atoms with E-state index in [0.717, 1.165) is 29.5 Å². The van der Waals surface area contributed by atoms with Crippen LogP contribution in [0.5, 0.6) is 0 Å². The molecule has 2 aromatic carbocycles. The number of carbonyl (C=O) groups excluding carboxylic acids is 2. The first-order valence-corrected chi connectivity index (χ1v) is 10.5. The molecule has 0 unspecified atom stereocenters. The van der Waals surface area contributed by atoms with Gasteiger partial charge < -0.3 is 10.2 Å². The number of anilines is 1. The van der Waals surface area contributed by atoms with Crippen molar-refractivity contribution in [2.75, 3.05) is 11.9 Å². The molecule has 0 aliphatic rings. The van der Waals surface area contributed by atoms with Crippen LogP contribution in [-0.2, 0) is 6.54 Å². The lowest BCUT2D eigenvalue weighted by Crippen LogP contribution is -2.38. The second-order valence-electron chi connectivity index (χ2n) is 7.25. The lowest BCUT2D eigenvalue weighted by molar-refractivity contribution is -0.385. The Balaban J connectivity index is 1.87. The third kappa shape index (κ3) is 6.16. The predicted molar refractivity (Wildman–Crippen MR) is 117 cm³/mol. The topological polar surface area (TPSA) is 92.6 Å². The quantitative estimate of drug-likeness (QED) is 0.264. The van der Waals surface area contributed by atoms with E-state index in [9.17, 15) is 37.3 Å². The van der Waals surface area contributed by atoms with Crippen LogP contribution >= 0.6 is 11.3 Å². The van der Waals surface area contributed by atoms with Crippen molar-refractivity contribution < 1.29 is 32.1 Å². The number of nitro benzene ring substituents is 1. The molecule has 0 saturated heterocycles. The molecule has 3 rings (SSSR count). The number of alkyl halides is 3. The van der Waals surface area contributed by atoms with Gasteiger partial charge >= 0.3 is 6.18 Å². The fourth-order valence-corrected chi connectivity index (χ4v) is 4.19. The van der Waals surface area contributed by atoms with Gasteiger partial charge in [0.1, 0.15) is 12.4 Å². The highest BCUT2D eigenvalue weighted by atomic mass is 32.1. The van der Waals surface area contributed by atoms with E-state index in [-0.39, 0.29) is 21.0 Å². The number of aryl methyl sites for hydroxylation is 1. The molecule has 0 spiro atoms. The normalized spacial score (nSPS) is 11.2. The van der Waals surface area contributed by atoms with E-state index in [0.29, 0.717) is 10.5 Å². The molecule has 1 N–H and O–H groups in total. The Labute approximate surface area is 194 Å². The summed E-state index contributed by atoms with van der Waals surface area (Å²) in [6.45, 7) is -0.781. The van der Waals surface area contributed by atoms with Gasteiger partial charge in [0.05, 0.1) is 21.3 Å². The largest absolute Gasteiger partial charge is 0.406 e. The van der Waals surface area contributed by atoms with Crippen LogP contribution in [0.4, 0.5) is 28.3 Å². The second kappa shape index (κ2) is 10.00. The van der Waals surface area contributed by atoms with Gasteiger partial charge in [0, 0.05) is 17.2 Å². The van der Waals surface area contributed by atoms with Gasteiger partial charge in [-0.15, -0.1) is 11.3 Å². The summed E-state index contributed by atoms with van der Waals surface area (Å²) < 4.78 is 53.0. The molecule has 0 atom stereocenters. The zero-order valence-electron chi connectivity index (χ0n) is 17.6. The van der Waals surface area contributed by atoms with Gasteiger partial charge in [-0.1, -0.05) is 24.3 Å². The third-order valence-electron chi connectivity index (χ3n) is 4.64. The molecule has 0 aliphatic carbocycles. The maximum atomic E-state index is 13.4. The first-order valence-electron chi connectivity index (χ1n) is 9.70. The maximum Gasteiger partial charge on any atom is 0.406 e. The summed E-state index contributed by atoms with van der Waals surface area (Å²) in [5.41, 5.74) is -0.138. The van der Waals surface area contributed by atoms with Crippen molar-refractivity contribution in [2.45, 2.75) is 19.6 Å². The summed E-state index contributed by atoms with van der Waals surface area (Å²) in [6.07, 6.45) is -4.75. The number of nitrogens with one attached hydrogen (secondary N) is 1. The highest BCUT2D eigenvalue weighted by molar-refractivity contribution is 7.18. The highest BCUT2D eigenvalue weighted by Gasteiger charge is 2.35. The van der Waals surface area contributed by atoms with Crippen molar-refractivity contribution in [1.29, 1.82) is 0 Å². The number of halogens is 4. The summed E-state index contributed by atoms with van der Waals surface area (Å²) in [5.74, 6) is -2.28. The molecule has 0 saturated carbocycles. The number of hydrogen-bond donors (Lipinski definition) is 1. The Morgan fingerprint density at radius 3 is 2.47 bits per heavy atom. The number of nitrogens with zero attached hydrogens (tertiary/aromatic N) is 2. The Morgan fingerprint density at radius 1 is 1.12 bits per heavy atom. The smallest absolute Gasteiger partial charge is 0.324 e. The molecule has 0 aliphatic heterocycles. The molecule has 1 aromatic heterocycles. The minimum Gasteiger partial charge on any atom is -0.324 e. The molecule has 0 radical (unpaired) electrons. The van der Waals surface area contributed by atoms with Crippen molar-refractivity contribution >= 4 is 33.8 Å². The Bertz CT molecular complexity index is 1240. The van der Waals surface area contributed by atoms with E-state index in [1.165, 1.54) is 43.3 Å². The van der Waals surface area contributed by atoms with Gasteiger partial charge in [-0.05, 0) is 36.8 Å². The van der Waals surface area contributed by atoms with E-state index in [1.807, 2.05) is 0 Å². The summed E-state index contributed by atoms with van der Waals surface area (Å²) in [4.78, 5) is 36.3. The molecule has 0 bridgehead atoms. The van der Waals surface area contributed by atoms with Crippen LogP contribution in [0.25, 0.3) is 0 Å². The summed E-state index contributed by atoms with van der Waals surface area (Å²) in [5, 5.41) is 13.9. The molecule has 2 amide bonds. The molecule has 1 heterocycles. The number of nitro groups is 1. The lowest BCUT2D eigenvalue weighted by Gasteiger charge is -2.24. The Hall–Kier alpha value is -3.80. The van der Waals surface area contributed by atoms with Crippen molar-refractivity contribution in [1.82, 2.24) is 4.90 Å². The Morgan fingerprint density at radius 2 is 1.82 bits per heavy atom. The van der Waals surface area contributed by atoms with Gasteiger partial charge in [0.15, 0.2) is 0 Å². The van der Waals surface area contributed by atoms with Crippen LogP contribution < -0.4 is 5.32 Å². The van der Waals surface area contributed by atoms with E-state index < -0.39 is 47.5 Å². The number of amides is 2. The van der Waals surface area contributed by atoms with Crippen molar-refractivity contribution in [2.24, 2.45) is 0 Å². The van der Waals surface area contributed by atoms with E-state index in [1.54, 1.807) is 0 Å². The van der Waals surface area contributed by atoms with E-state index >= 15 is 0 Å². The zero-order valence-corrected chi connectivity index (χ0v) is 18.4. The maximum absolute atomic E-state index is 13.4. The van der Waals surface area contributed by atoms with Gasteiger partial charge in [-0.25, -0.2) is 4.39 Å². The zero-order chi connectivity index (χ0) is 25.0. The number of carbonyl (C=O) groups is 2. The van der Waals surface area contributed by atoms with E-state index in [4.69, 9.17) is 0 Å². The Kier molecular flexibility index (Phi) is 7.30. The number of para-hydroxylation sites is 1. The highest BCUT2D eigenvalue weighted by Crippen LogP contribution is 2.31. The van der Waals surface area contributed by atoms with Crippen LogP contribution in [0.1, 0.15) is 31.2 Å². The standard InChI is InChI=1S/C22H17F4N3O4S/c1-13-9-18(27-20(30)14-6-4-7-16(23)10-14)34-19(13)21(31)28(12-22(24,25)26)11-15-5-2-3-8-17(15)29(32)33/h2-10H,11-12H2,1H3,(H,27,30). The van der Waals surface area contributed by atoms with Crippen molar-refractivity contribution in [3.63, 3.8) is 0 Å². The number of thiophene rings is 1. The van der Waals surface area contributed by atoms with Gasteiger partial charge in [0.2, 0.25) is 0 Å². The predicted octanol–water partition coefficient (Wildman–Crippen LogP) is 5.56. The molecule has 0 fully saturated rings. The summed E-state index contributed by atoms with van der Waals surface area (Å²) >= 11 is 0.752. The average Bonchev–Trinajstić information content (AvgIpc) is 3.11. The number of rotatable bonds is 7. The second-order valence-corrected chi connectivity index (χ2v) is 8.30. The molecule has 34 heavy (non-hydrogen) atoms. The SMILES string of the molecule is Cc1cc(NC(=O)c2cccc(F)c2)sc1C(=O)N(Cc1ccccc1[N+](=O)[O-])CC(F)(F)F. The molecule has 12 heteroatoms. The first kappa shape index (κ1) is 24.8.